The molecule has 1 saturated carbocycles. The Morgan fingerprint density at radius 2 is 1.72 bits per heavy atom. The van der Waals surface area contributed by atoms with E-state index in [2.05, 4.69) is 36.1 Å². The van der Waals surface area contributed by atoms with Gasteiger partial charge in [-0.3, -0.25) is 39.0 Å². The summed E-state index contributed by atoms with van der Waals surface area (Å²) in [7, 11) is 2.64. The molecule has 4 aliphatic heterocycles. The van der Waals surface area contributed by atoms with E-state index in [1.165, 1.54) is 31.3 Å². The third kappa shape index (κ3) is 10.2. The summed E-state index contributed by atoms with van der Waals surface area (Å²) in [6.07, 6.45) is 8.33. The SMILES string of the molecule is COc1cc(C(=O)NC2CCN(CCCCOCCCNc3cccc4c3C(=O)N(C3CCC(=O)NC3=O)C4=O)CC2)c(F)cc1Nc1ncc2c(n1)N(C1CCCC1)CC(F)(F)C(=O)N2C. The summed E-state index contributed by atoms with van der Waals surface area (Å²) in [6.45, 7) is 3.12. The Labute approximate surface area is 385 Å². The highest BCUT2D eigenvalue weighted by Crippen LogP contribution is 2.40. The van der Waals surface area contributed by atoms with Crippen LogP contribution in [0.25, 0.3) is 0 Å². The number of fused-ring (bicyclic) bond motifs is 2. The maximum absolute atomic E-state index is 15.6. The van der Waals surface area contributed by atoms with E-state index in [1.807, 2.05) is 0 Å². The van der Waals surface area contributed by atoms with Gasteiger partial charge in [-0.1, -0.05) is 18.9 Å². The van der Waals surface area contributed by atoms with Crippen LogP contribution in [0.1, 0.15) is 102 Å². The second-order valence-corrected chi connectivity index (χ2v) is 17.6. The molecule has 1 aliphatic carbocycles. The lowest BCUT2D eigenvalue weighted by Gasteiger charge is -2.32. The number of unbranched alkanes of at least 4 members (excludes halogenated alkanes) is 1. The second kappa shape index (κ2) is 20.3. The van der Waals surface area contributed by atoms with Crippen molar-refractivity contribution in [3.63, 3.8) is 0 Å². The summed E-state index contributed by atoms with van der Waals surface area (Å²) in [4.78, 5) is 90.8. The number of hydrogen-bond donors (Lipinski definition) is 4. The van der Waals surface area contributed by atoms with Crippen molar-refractivity contribution in [1.29, 1.82) is 0 Å². The third-order valence-corrected chi connectivity index (χ3v) is 13.1. The molecule has 3 aromatic rings. The molecule has 0 radical (unpaired) electrons. The number of methoxy groups -OCH3 is 1. The zero-order valence-corrected chi connectivity index (χ0v) is 37.5. The van der Waals surface area contributed by atoms with Crippen LogP contribution >= 0.6 is 0 Å². The Balaban J connectivity index is 0.749. The third-order valence-electron chi connectivity index (χ3n) is 13.1. The van der Waals surface area contributed by atoms with Crippen molar-refractivity contribution >= 4 is 64.3 Å². The predicted octanol–water partition coefficient (Wildman–Crippen LogP) is 4.62. The van der Waals surface area contributed by atoms with Gasteiger partial charge in [0.2, 0.25) is 17.8 Å². The van der Waals surface area contributed by atoms with Gasteiger partial charge in [0.05, 0.1) is 42.2 Å². The molecule has 2 saturated heterocycles. The van der Waals surface area contributed by atoms with Gasteiger partial charge >= 0.3 is 5.92 Å². The molecule has 0 bridgehead atoms. The fourth-order valence-corrected chi connectivity index (χ4v) is 9.48. The van der Waals surface area contributed by atoms with Gasteiger partial charge in [0, 0.05) is 70.2 Å². The first-order valence-electron chi connectivity index (χ1n) is 22.9. The quantitative estimate of drug-likeness (QED) is 0.108. The minimum atomic E-state index is -3.63. The maximum atomic E-state index is 15.6. The zero-order chi connectivity index (χ0) is 47.4. The molecule has 1 atom stereocenters. The summed E-state index contributed by atoms with van der Waals surface area (Å²) in [5.41, 5.74) is 0.995. The molecule has 2 aromatic carbocycles. The van der Waals surface area contributed by atoms with Crippen molar-refractivity contribution in [3.8, 4) is 5.75 Å². The minimum absolute atomic E-state index is 0.0248. The van der Waals surface area contributed by atoms with Gasteiger partial charge in [-0.25, -0.2) is 9.37 Å². The normalized spacial score (nSPS) is 20.2. The number of halogens is 3. The van der Waals surface area contributed by atoms with Gasteiger partial charge in [-0.15, -0.1) is 0 Å². The fourth-order valence-electron chi connectivity index (χ4n) is 9.48. The molecular weight excluding hydrogens is 878 g/mol. The number of anilines is 5. The van der Waals surface area contributed by atoms with Gasteiger partial charge in [-0.05, 0) is 76.1 Å². The molecule has 358 valence electrons. The molecule has 8 rings (SSSR count). The molecule has 1 aromatic heterocycles. The van der Waals surface area contributed by atoms with E-state index in [0.717, 1.165) is 61.2 Å². The van der Waals surface area contributed by atoms with Gasteiger partial charge in [-0.2, -0.15) is 13.8 Å². The topological polar surface area (TPSA) is 208 Å². The number of rotatable bonds is 17. The fraction of sp³-hybridized carbons (Fsp3) is 0.522. The number of alkyl halides is 2. The number of benzene rings is 2. The highest BCUT2D eigenvalue weighted by atomic mass is 19.3. The number of hydrogen-bond acceptors (Lipinski definition) is 14. The summed E-state index contributed by atoms with van der Waals surface area (Å²) in [5, 5.41) is 11.3. The number of likely N-dealkylation sites (tertiary alicyclic amines) is 1. The number of aromatic nitrogens is 2. The van der Waals surface area contributed by atoms with Crippen molar-refractivity contribution in [2.75, 3.05) is 80.5 Å². The Morgan fingerprint density at radius 1 is 0.955 bits per heavy atom. The monoisotopic (exact) mass is 932 g/mol. The molecule has 1 unspecified atom stereocenters. The van der Waals surface area contributed by atoms with Crippen LogP contribution in [0.2, 0.25) is 0 Å². The van der Waals surface area contributed by atoms with Crippen LogP contribution in [0.3, 0.4) is 0 Å². The van der Waals surface area contributed by atoms with E-state index in [0.29, 0.717) is 57.6 Å². The Morgan fingerprint density at radius 3 is 2.46 bits per heavy atom. The average molecular weight is 933 g/mol. The molecule has 0 spiro atoms. The van der Waals surface area contributed by atoms with Crippen molar-refractivity contribution < 1.29 is 51.4 Å². The van der Waals surface area contributed by atoms with E-state index in [4.69, 9.17) is 9.47 Å². The summed E-state index contributed by atoms with van der Waals surface area (Å²) in [5.74, 6) is -8.28. The Kier molecular flexibility index (Phi) is 14.3. The molecule has 5 heterocycles. The van der Waals surface area contributed by atoms with Gasteiger partial charge in [0.25, 0.3) is 23.6 Å². The van der Waals surface area contributed by atoms with E-state index in [1.54, 1.807) is 18.2 Å². The van der Waals surface area contributed by atoms with Crippen molar-refractivity contribution in [3.05, 3.63) is 59.0 Å². The molecule has 6 amide bonds. The first-order valence-corrected chi connectivity index (χ1v) is 22.9. The van der Waals surface area contributed by atoms with Gasteiger partial charge in [0.1, 0.15) is 23.3 Å². The number of piperidine rings is 2. The summed E-state index contributed by atoms with van der Waals surface area (Å²) < 4.78 is 57.1. The van der Waals surface area contributed by atoms with Crippen molar-refractivity contribution in [1.82, 2.24) is 30.4 Å². The van der Waals surface area contributed by atoms with Crippen LogP contribution in [0.5, 0.6) is 5.75 Å². The van der Waals surface area contributed by atoms with Gasteiger partial charge in [0.15, 0.2) is 5.82 Å². The molecular formula is C46H55F3N10O8. The first-order chi connectivity index (χ1) is 32.2. The van der Waals surface area contributed by atoms with Crippen LogP contribution in [-0.2, 0) is 19.1 Å². The van der Waals surface area contributed by atoms with Crippen LogP contribution < -0.4 is 35.8 Å². The van der Waals surface area contributed by atoms with Crippen LogP contribution in [0, 0.1) is 5.82 Å². The summed E-state index contributed by atoms with van der Waals surface area (Å²) >= 11 is 0. The standard InChI is InChI=1S/C46H55F3N10O8/c1-56-35-25-51-45(55-39(35)58(28-9-3-4-10-28)26-46(48,49)44(56)65)53-33-24-31(47)30(23-36(33)66-2)40(61)52-27-15-19-57(20-16-27)18-5-6-21-67-22-8-17-50-32-12-7-11-29-38(32)43(64)59(42(29)63)34-13-14-37(60)54-41(34)62/h7,11-12,23-25,27-28,34,50H,3-6,8-10,13-22,26H2,1-2H3,(H,52,61)(H,51,53,55)(H,54,60,62). The molecule has 67 heavy (non-hydrogen) atoms. The highest BCUT2D eigenvalue weighted by molar-refractivity contribution is 6.25. The second-order valence-electron chi connectivity index (χ2n) is 17.6. The van der Waals surface area contributed by atoms with E-state index >= 15 is 13.2 Å². The number of nitrogens with one attached hydrogen (secondary N) is 4. The number of carbonyl (C=O) groups excluding carboxylic acids is 6. The average Bonchev–Trinajstić information content (AvgIpc) is 3.92. The summed E-state index contributed by atoms with van der Waals surface area (Å²) in [6, 6.07) is 5.93. The van der Waals surface area contributed by atoms with Crippen molar-refractivity contribution in [2.24, 2.45) is 0 Å². The van der Waals surface area contributed by atoms with Crippen molar-refractivity contribution in [2.45, 2.75) is 94.7 Å². The van der Waals surface area contributed by atoms with E-state index in [9.17, 15) is 28.8 Å². The molecule has 18 nitrogen and oxygen atoms in total. The molecule has 21 heteroatoms. The van der Waals surface area contributed by atoms with E-state index in [-0.39, 0.29) is 70.5 Å². The van der Waals surface area contributed by atoms with Gasteiger partial charge < -0.3 is 40.1 Å². The lowest BCUT2D eigenvalue weighted by molar-refractivity contribution is -0.140. The van der Waals surface area contributed by atoms with Crippen LogP contribution in [-0.4, -0.2) is 139 Å². The maximum Gasteiger partial charge on any atom is 0.342 e. The Bertz CT molecular complexity index is 2410. The largest absolute Gasteiger partial charge is 0.495 e. The smallest absolute Gasteiger partial charge is 0.342 e. The number of ether oxygens (including phenoxy) is 2. The molecule has 3 fully saturated rings. The first kappa shape index (κ1) is 47.2. The molecule has 4 N–H and O–H groups in total. The van der Waals surface area contributed by atoms with Crippen LogP contribution in [0.4, 0.5) is 42.0 Å². The lowest BCUT2D eigenvalue weighted by atomic mass is 10.0. The number of amides is 6. The highest BCUT2D eigenvalue weighted by Gasteiger charge is 2.49. The Hall–Kier alpha value is -6.35. The zero-order valence-electron chi connectivity index (χ0n) is 37.5. The lowest BCUT2D eigenvalue weighted by Crippen LogP contribution is -2.54. The van der Waals surface area contributed by atoms with E-state index < -0.39 is 59.8 Å². The molecule has 5 aliphatic rings. The minimum Gasteiger partial charge on any atom is -0.495 e. The predicted molar refractivity (Wildman–Crippen MR) is 239 cm³/mol. The number of nitrogens with zero attached hydrogens (tertiary/aromatic N) is 6. The number of imide groups is 2. The van der Waals surface area contributed by atoms with Crippen LogP contribution in [0.15, 0.2) is 36.5 Å². The number of carbonyl (C=O) groups is 6.